The van der Waals surface area contributed by atoms with E-state index < -0.39 is 6.10 Å². The van der Waals surface area contributed by atoms with Crippen LogP contribution in [0, 0.1) is 0 Å². The number of anilines is 1. The largest absolute Gasteiger partial charge is 0.382 e. The number of nitrogens with zero attached hydrogens (tertiary/aromatic N) is 3. The average Bonchev–Trinajstić information content (AvgIpc) is 2.75. The summed E-state index contributed by atoms with van der Waals surface area (Å²) in [5.41, 5.74) is 5.75. The number of aliphatic hydroxyl groups is 1. The van der Waals surface area contributed by atoms with E-state index in [0.717, 1.165) is 0 Å². The number of nitrogens with two attached hydrogens (primary N) is 1. The highest BCUT2D eigenvalue weighted by Crippen LogP contribution is 2.28. The molecule has 0 aliphatic heterocycles. The summed E-state index contributed by atoms with van der Waals surface area (Å²) in [7, 11) is 0. The molecular weight excluding hydrogens is 271 g/mol. The summed E-state index contributed by atoms with van der Waals surface area (Å²) in [6, 6.07) is 0. The number of thiazole rings is 1. The molecule has 2 aromatic heterocycles. The molecule has 0 radical (unpaired) electrons. The van der Waals surface area contributed by atoms with Gasteiger partial charge in [0.1, 0.15) is 16.5 Å². The Hall–Kier alpha value is -0.950. The van der Waals surface area contributed by atoms with Gasteiger partial charge in [0.05, 0.1) is 0 Å². The lowest BCUT2D eigenvalue weighted by Gasteiger charge is -2.09. The Morgan fingerprint density at radius 2 is 2.00 bits per heavy atom. The molecule has 0 saturated heterocycles. The molecular formula is C8H6Cl2N4OS. The number of rotatable bonds is 2. The number of aliphatic hydroxyl groups excluding tert-OH is 1. The second-order valence-corrected chi connectivity index (χ2v) is 4.49. The lowest BCUT2D eigenvalue weighted by atomic mass is 10.2. The first-order chi connectivity index (χ1) is 7.59. The van der Waals surface area contributed by atoms with Crippen molar-refractivity contribution in [2.24, 2.45) is 0 Å². The first-order valence-corrected chi connectivity index (χ1v) is 5.79. The molecule has 0 saturated carbocycles. The molecule has 0 aliphatic carbocycles. The zero-order valence-corrected chi connectivity index (χ0v) is 10.1. The van der Waals surface area contributed by atoms with E-state index in [-0.39, 0.29) is 21.8 Å². The van der Waals surface area contributed by atoms with Crippen LogP contribution in [0.1, 0.15) is 16.8 Å². The smallest absolute Gasteiger partial charge is 0.168 e. The van der Waals surface area contributed by atoms with E-state index in [1.165, 1.54) is 11.3 Å². The molecule has 5 nitrogen and oxygen atoms in total. The first-order valence-electron chi connectivity index (χ1n) is 4.15. The lowest BCUT2D eigenvalue weighted by Crippen LogP contribution is -2.08. The Balaban J connectivity index is 2.44. The van der Waals surface area contributed by atoms with E-state index in [1.54, 1.807) is 11.6 Å². The Bertz CT molecular complexity index is 505. The Kier molecular flexibility index (Phi) is 3.25. The van der Waals surface area contributed by atoms with Gasteiger partial charge in [-0.3, -0.25) is 0 Å². The van der Waals surface area contributed by atoms with Gasteiger partial charge in [-0.1, -0.05) is 23.2 Å². The Morgan fingerprint density at radius 1 is 1.31 bits per heavy atom. The molecule has 0 fully saturated rings. The van der Waals surface area contributed by atoms with Gasteiger partial charge < -0.3 is 10.8 Å². The monoisotopic (exact) mass is 276 g/mol. The van der Waals surface area contributed by atoms with Crippen LogP contribution in [0.25, 0.3) is 0 Å². The van der Waals surface area contributed by atoms with Gasteiger partial charge in [-0.2, -0.15) is 0 Å². The van der Waals surface area contributed by atoms with E-state index in [4.69, 9.17) is 28.9 Å². The van der Waals surface area contributed by atoms with Crippen molar-refractivity contribution in [3.05, 3.63) is 32.6 Å². The van der Waals surface area contributed by atoms with Gasteiger partial charge in [0.2, 0.25) is 0 Å². The predicted molar refractivity (Wildman–Crippen MR) is 62.6 cm³/mol. The Labute approximate surface area is 105 Å². The quantitative estimate of drug-likeness (QED) is 0.875. The van der Waals surface area contributed by atoms with Crippen LogP contribution in [0.15, 0.2) is 11.6 Å². The minimum absolute atomic E-state index is 0.00136. The van der Waals surface area contributed by atoms with Crippen molar-refractivity contribution in [3.63, 3.8) is 0 Å². The van der Waals surface area contributed by atoms with Crippen molar-refractivity contribution in [3.8, 4) is 0 Å². The predicted octanol–water partition coefficient (Wildman–Crippen LogP) is 1.90. The van der Waals surface area contributed by atoms with Crippen LogP contribution < -0.4 is 5.73 Å². The third-order valence-electron chi connectivity index (χ3n) is 1.81. The second-order valence-electron chi connectivity index (χ2n) is 2.85. The number of hydrogen-bond donors (Lipinski definition) is 2. The minimum atomic E-state index is -1.04. The molecule has 0 spiro atoms. The maximum absolute atomic E-state index is 9.94. The van der Waals surface area contributed by atoms with Gasteiger partial charge in [-0.05, 0) is 0 Å². The lowest BCUT2D eigenvalue weighted by molar-refractivity contribution is 0.215. The van der Waals surface area contributed by atoms with Crippen molar-refractivity contribution >= 4 is 40.4 Å². The molecule has 84 valence electrons. The number of halogens is 2. The zero-order valence-electron chi connectivity index (χ0n) is 7.76. The fraction of sp³-hybridized carbons (Fsp3) is 0.125. The van der Waals surface area contributed by atoms with E-state index in [1.807, 2.05) is 0 Å². The summed E-state index contributed by atoms with van der Waals surface area (Å²) in [6.07, 6.45) is 0.534. The standard InChI is InChI=1S/C8H6Cl2N4OS/c9-5-6(10)14-7(11)3(13-5)4(15)8-12-1-2-16-8/h1-2,4,15H,(H2,11,14). The molecule has 2 heterocycles. The Morgan fingerprint density at radius 3 is 2.62 bits per heavy atom. The molecule has 2 aromatic rings. The third kappa shape index (κ3) is 2.10. The third-order valence-corrected chi connectivity index (χ3v) is 3.27. The topological polar surface area (TPSA) is 84.9 Å². The van der Waals surface area contributed by atoms with Crippen LogP contribution in [-0.4, -0.2) is 20.1 Å². The molecule has 3 N–H and O–H groups in total. The maximum Gasteiger partial charge on any atom is 0.168 e. The van der Waals surface area contributed by atoms with E-state index in [9.17, 15) is 5.11 Å². The summed E-state index contributed by atoms with van der Waals surface area (Å²) in [6.45, 7) is 0. The zero-order chi connectivity index (χ0) is 11.7. The molecule has 0 amide bonds. The summed E-state index contributed by atoms with van der Waals surface area (Å²) < 4.78 is 0. The molecule has 16 heavy (non-hydrogen) atoms. The van der Waals surface area contributed by atoms with Gasteiger partial charge in [0, 0.05) is 11.6 Å². The summed E-state index contributed by atoms with van der Waals surface area (Å²) >= 11 is 12.6. The summed E-state index contributed by atoms with van der Waals surface area (Å²) in [5, 5.41) is 12.2. The first kappa shape index (κ1) is 11.5. The van der Waals surface area contributed by atoms with Gasteiger partial charge in [-0.15, -0.1) is 11.3 Å². The average molecular weight is 277 g/mol. The fourth-order valence-electron chi connectivity index (χ4n) is 1.11. The van der Waals surface area contributed by atoms with Crippen LogP contribution in [-0.2, 0) is 0 Å². The van der Waals surface area contributed by atoms with E-state index >= 15 is 0 Å². The minimum Gasteiger partial charge on any atom is -0.382 e. The second kappa shape index (κ2) is 4.50. The van der Waals surface area contributed by atoms with Gasteiger partial charge in [-0.25, -0.2) is 15.0 Å². The van der Waals surface area contributed by atoms with Crippen LogP contribution in [0.4, 0.5) is 5.82 Å². The van der Waals surface area contributed by atoms with Gasteiger partial charge >= 0.3 is 0 Å². The highest BCUT2D eigenvalue weighted by atomic mass is 35.5. The van der Waals surface area contributed by atoms with Crippen molar-refractivity contribution in [1.29, 1.82) is 0 Å². The van der Waals surface area contributed by atoms with Crippen molar-refractivity contribution < 1.29 is 5.11 Å². The van der Waals surface area contributed by atoms with E-state index in [0.29, 0.717) is 5.01 Å². The summed E-state index contributed by atoms with van der Waals surface area (Å²) in [4.78, 5) is 11.6. The molecule has 1 unspecified atom stereocenters. The molecule has 8 heteroatoms. The van der Waals surface area contributed by atoms with Crippen molar-refractivity contribution in [2.45, 2.75) is 6.10 Å². The molecule has 2 rings (SSSR count). The number of hydrogen-bond acceptors (Lipinski definition) is 6. The van der Waals surface area contributed by atoms with Crippen LogP contribution >= 0.6 is 34.5 Å². The van der Waals surface area contributed by atoms with Crippen LogP contribution in [0.5, 0.6) is 0 Å². The normalized spacial score (nSPS) is 12.7. The number of nitrogen functional groups attached to an aromatic ring is 1. The van der Waals surface area contributed by atoms with Gasteiger partial charge in [0.25, 0.3) is 0 Å². The molecule has 1 atom stereocenters. The molecule has 0 aromatic carbocycles. The SMILES string of the molecule is Nc1nc(Cl)c(Cl)nc1C(O)c1nccs1. The molecule has 0 bridgehead atoms. The fourth-order valence-corrected chi connectivity index (χ4v) is 2.00. The highest BCUT2D eigenvalue weighted by molar-refractivity contribution is 7.09. The van der Waals surface area contributed by atoms with Crippen molar-refractivity contribution in [1.82, 2.24) is 15.0 Å². The molecule has 0 aliphatic rings. The van der Waals surface area contributed by atoms with Gasteiger partial charge in [0.15, 0.2) is 16.4 Å². The van der Waals surface area contributed by atoms with Crippen LogP contribution in [0.3, 0.4) is 0 Å². The van der Waals surface area contributed by atoms with Crippen LogP contribution in [0.2, 0.25) is 10.3 Å². The number of aromatic nitrogens is 3. The highest BCUT2D eigenvalue weighted by Gasteiger charge is 2.20. The summed E-state index contributed by atoms with van der Waals surface area (Å²) in [5.74, 6) is 0.0390. The van der Waals surface area contributed by atoms with E-state index in [2.05, 4.69) is 15.0 Å². The van der Waals surface area contributed by atoms with Crippen molar-refractivity contribution in [2.75, 3.05) is 5.73 Å². The maximum atomic E-state index is 9.94.